The Hall–Kier alpha value is -3.40. The fourth-order valence-corrected chi connectivity index (χ4v) is 4.38. The first-order valence-corrected chi connectivity index (χ1v) is 11.1. The minimum absolute atomic E-state index is 0.0257. The molecule has 2 aromatic carbocycles. The summed E-state index contributed by atoms with van der Waals surface area (Å²) in [6.45, 7) is 0.575. The van der Waals surface area contributed by atoms with Crippen molar-refractivity contribution >= 4 is 34.8 Å². The van der Waals surface area contributed by atoms with Gasteiger partial charge < -0.3 is 10.6 Å². The predicted octanol–water partition coefficient (Wildman–Crippen LogP) is 3.64. The molecule has 7 nitrogen and oxygen atoms in total. The first kappa shape index (κ1) is 23.7. The van der Waals surface area contributed by atoms with Gasteiger partial charge in [0.15, 0.2) is 0 Å². The molecule has 0 saturated carbocycles. The summed E-state index contributed by atoms with van der Waals surface area (Å²) in [5.74, 6) is -1.88. The molecule has 3 amide bonds. The summed E-state index contributed by atoms with van der Waals surface area (Å²) in [6.07, 6.45) is -4.66. The molecule has 2 aliphatic heterocycles. The number of para-hydroxylation sites is 3. The molecule has 0 bridgehead atoms. The molecule has 0 radical (unpaired) electrons. The fourth-order valence-electron chi connectivity index (χ4n) is 4.38. The maximum atomic E-state index is 13.9. The van der Waals surface area contributed by atoms with Gasteiger partial charge in [-0.25, -0.2) is 0 Å². The Bertz CT molecular complexity index is 1050. The number of likely N-dealkylation sites (tertiary alicyclic amines) is 1. The lowest BCUT2D eigenvalue weighted by molar-refractivity contribution is -0.158. The van der Waals surface area contributed by atoms with Crippen LogP contribution in [0.1, 0.15) is 19.3 Å². The van der Waals surface area contributed by atoms with Crippen LogP contribution in [-0.2, 0) is 14.4 Å². The van der Waals surface area contributed by atoms with Crippen molar-refractivity contribution in [1.82, 2.24) is 4.90 Å². The number of nitrogens with one attached hydrogen (secondary N) is 2. The van der Waals surface area contributed by atoms with Crippen molar-refractivity contribution in [3.05, 3.63) is 54.6 Å². The Labute approximate surface area is 194 Å². The molecule has 180 valence electrons. The maximum Gasteiger partial charge on any atom is 0.409 e. The van der Waals surface area contributed by atoms with Crippen LogP contribution in [0.2, 0.25) is 0 Å². The summed E-state index contributed by atoms with van der Waals surface area (Å²) in [5.41, 5.74) is 0.896. The van der Waals surface area contributed by atoms with Gasteiger partial charge in [-0.15, -0.1) is 0 Å². The van der Waals surface area contributed by atoms with Gasteiger partial charge in [0.25, 0.3) is 0 Å². The van der Waals surface area contributed by atoms with Gasteiger partial charge in [-0.2, -0.15) is 13.2 Å². The van der Waals surface area contributed by atoms with Crippen molar-refractivity contribution in [3.63, 3.8) is 0 Å². The van der Waals surface area contributed by atoms with E-state index < -0.39 is 30.5 Å². The van der Waals surface area contributed by atoms with Crippen LogP contribution < -0.4 is 15.5 Å². The molecule has 1 saturated heterocycles. The number of fused-ring (bicyclic) bond motifs is 1. The molecule has 2 N–H and O–H groups in total. The highest BCUT2D eigenvalue weighted by atomic mass is 19.4. The van der Waals surface area contributed by atoms with Gasteiger partial charge in [-0.3, -0.25) is 24.2 Å². The minimum Gasteiger partial charge on any atom is -0.326 e. The van der Waals surface area contributed by atoms with Crippen molar-refractivity contribution in [2.24, 2.45) is 5.92 Å². The highest BCUT2D eigenvalue weighted by molar-refractivity contribution is 6.05. The Morgan fingerprint density at radius 1 is 1.00 bits per heavy atom. The Kier molecular flexibility index (Phi) is 6.87. The van der Waals surface area contributed by atoms with Crippen molar-refractivity contribution in [2.75, 3.05) is 35.2 Å². The summed E-state index contributed by atoms with van der Waals surface area (Å²) in [4.78, 5) is 40.2. The first-order chi connectivity index (χ1) is 16.2. The van der Waals surface area contributed by atoms with Gasteiger partial charge in [0, 0.05) is 11.6 Å². The highest BCUT2D eigenvalue weighted by Crippen LogP contribution is 2.37. The molecule has 0 spiro atoms. The summed E-state index contributed by atoms with van der Waals surface area (Å²) in [7, 11) is 0. The van der Waals surface area contributed by atoms with Gasteiger partial charge in [0.1, 0.15) is 6.04 Å². The van der Waals surface area contributed by atoms with Crippen molar-refractivity contribution in [3.8, 4) is 0 Å². The van der Waals surface area contributed by atoms with Gasteiger partial charge >= 0.3 is 6.18 Å². The van der Waals surface area contributed by atoms with Crippen LogP contribution in [0, 0.1) is 5.92 Å². The van der Waals surface area contributed by atoms with Crippen LogP contribution in [0.15, 0.2) is 54.6 Å². The molecule has 2 heterocycles. The zero-order valence-corrected chi connectivity index (χ0v) is 18.3. The monoisotopic (exact) mass is 474 g/mol. The highest BCUT2D eigenvalue weighted by Gasteiger charge is 2.49. The second-order valence-corrected chi connectivity index (χ2v) is 8.50. The lowest BCUT2D eigenvalue weighted by Crippen LogP contribution is -2.53. The Morgan fingerprint density at radius 2 is 1.65 bits per heavy atom. The lowest BCUT2D eigenvalue weighted by Gasteiger charge is -2.35. The van der Waals surface area contributed by atoms with E-state index in [2.05, 4.69) is 10.6 Å². The van der Waals surface area contributed by atoms with Crippen molar-refractivity contribution in [2.45, 2.75) is 31.5 Å². The molecule has 0 aliphatic carbocycles. The number of carbonyl (C=O) groups excluding carboxylic acids is 3. The van der Waals surface area contributed by atoms with Gasteiger partial charge in [0.2, 0.25) is 17.7 Å². The number of benzene rings is 2. The largest absolute Gasteiger partial charge is 0.409 e. The third-order valence-corrected chi connectivity index (χ3v) is 6.13. The second kappa shape index (κ2) is 9.84. The number of nitrogens with zero attached hydrogens (tertiary/aromatic N) is 2. The van der Waals surface area contributed by atoms with E-state index >= 15 is 0 Å². The molecule has 2 aliphatic rings. The third-order valence-electron chi connectivity index (χ3n) is 6.13. The summed E-state index contributed by atoms with van der Waals surface area (Å²) in [5, 5.41) is 5.33. The van der Waals surface area contributed by atoms with E-state index in [-0.39, 0.29) is 29.7 Å². The zero-order valence-electron chi connectivity index (χ0n) is 18.3. The van der Waals surface area contributed by atoms with Gasteiger partial charge in [0.05, 0.1) is 24.3 Å². The van der Waals surface area contributed by atoms with E-state index in [0.29, 0.717) is 36.5 Å². The lowest BCUT2D eigenvalue weighted by atomic mass is 9.95. The Balaban J connectivity index is 1.43. The van der Waals surface area contributed by atoms with Crippen LogP contribution in [0.25, 0.3) is 0 Å². The fraction of sp³-hybridized carbons (Fsp3) is 0.375. The molecule has 1 atom stereocenters. The number of hydrogen-bond donors (Lipinski definition) is 2. The standard InChI is InChI=1S/C24H25F3N4O3/c25-24(26,27)20-14-21(32)29-18-8-4-5-9-19(18)31(20)22(33)15-30-12-10-16(11-13-30)23(34)28-17-6-2-1-3-7-17/h1-9,16,20H,10-15H2,(H,28,34)(H,29,32). The predicted molar refractivity (Wildman–Crippen MR) is 121 cm³/mol. The Morgan fingerprint density at radius 3 is 2.32 bits per heavy atom. The number of carbonyl (C=O) groups is 3. The second-order valence-electron chi connectivity index (χ2n) is 8.50. The SMILES string of the molecule is O=C1CC(C(F)(F)F)N(C(=O)CN2CCC(C(=O)Nc3ccccc3)CC2)c2ccccc2N1. The maximum absolute atomic E-state index is 13.9. The first-order valence-electron chi connectivity index (χ1n) is 11.1. The van der Waals surface area contributed by atoms with Crippen LogP contribution in [0.5, 0.6) is 0 Å². The minimum atomic E-state index is -4.77. The number of piperidine rings is 1. The molecule has 1 unspecified atom stereocenters. The van der Waals surface area contributed by atoms with Crippen LogP contribution in [0.3, 0.4) is 0 Å². The van der Waals surface area contributed by atoms with Gasteiger partial charge in [-0.1, -0.05) is 30.3 Å². The smallest absolute Gasteiger partial charge is 0.326 e. The average molecular weight is 474 g/mol. The zero-order chi connectivity index (χ0) is 24.3. The number of anilines is 3. The van der Waals surface area contributed by atoms with Crippen molar-refractivity contribution in [1.29, 1.82) is 0 Å². The van der Waals surface area contributed by atoms with E-state index in [4.69, 9.17) is 0 Å². The number of amides is 3. The molecule has 0 aromatic heterocycles. The third kappa shape index (κ3) is 5.39. The summed E-state index contributed by atoms with van der Waals surface area (Å²) >= 11 is 0. The van der Waals surface area contributed by atoms with Crippen molar-refractivity contribution < 1.29 is 27.6 Å². The molecule has 2 aromatic rings. The van der Waals surface area contributed by atoms with Crippen LogP contribution in [0.4, 0.5) is 30.2 Å². The van der Waals surface area contributed by atoms with E-state index in [1.165, 1.54) is 18.2 Å². The molecule has 4 rings (SSSR count). The average Bonchev–Trinajstić information content (AvgIpc) is 2.96. The number of hydrogen-bond acceptors (Lipinski definition) is 4. The number of halogens is 3. The number of rotatable bonds is 4. The van der Waals surface area contributed by atoms with E-state index in [1.807, 2.05) is 18.2 Å². The quantitative estimate of drug-likeness (QED) is 0.709. The topological polar surface area (TPSA) is 81.8 Å². The van der Waals surface area contributed by atoms with Crippen LogP contribution in [-0.4, -0.2) is 54.5 Å². The molecule has 10 heteroatoms. The summed E-state index contributed by atoms with van der Waals surface area (Å²) < 4.78 is 41.6. The van der Waals surface area contributed by atoms with Gasteiger partial charge in [-0.05, 0) is 50.2 Å². The molecule has 1 fully saturated rings. The van der Waals surface area contributed by atoms with E-state index in [0.717, 1.165) is 0 Å². The molecular weight excluding hydrogens is 449 g/mol. The summed E-state index contributed by atoms with van der Waals surface area (Å²) in [6, 6.07) is 12.8. The van der Waals surface area contributed by atoms with E-state index in [1.54, 1.807) is 23.1 Å². The number of alkyl halides is 3. The normalized spacial score (nSPS) is 19.7. The van der Waals surface area contributed by atoms with Crippen LogP contribution >= 0.6 is 0 Å². The molecule has 34 heavy (non-hydrogen) atoms. The van der Waals surface area contributed by atoms with E-state index in [9.17, 15) is 27.6 Å². The molecular formula is C24H25F3N4O3.